The summed E-state index contributed by atoms with van der Waals surface area (Å²) in [6, 6.07) is 0. The quantitative estimate of drug-likeness (QED) is 0.484. The number of rotatable bonds is 4. The summed E-state index contributed by atoms with van der Waals surface area (Å²) in [5.74, 6) is 0.789. The van der Waals surface area contributed by atoms with Crippen molar-refractivity contribution in [3.63, 3.8) is 0 Å². The van der Waals surface area contributed by atoms with E-state index in [1.54, 1.807) is 0 Å². The second kappa shape index (κ2) is 5.96. The van der Waals surface area contributed by atoms with Crippen LogP contribution in [-0.4, -0.2) is 5.33 Å². The molecule has 0 nitrogen and oxygen atoms in total. The van der Waals surface area contributed by atoms with E-state index in [4.69, 9.17) is 0 Å². The molecule has 0 radical (unpaired) electrons. The van der Waals surface area contributed by atoms with Crippen LogP contribution in [0.25, 0.3) is 0 Å². The predicted octanol–water partition coefficient (Wildman–Crippen LogP) is 3.76. The van der Waals surface area contributed by atoms with Crippen molar-refractivity contribution in [3.8, 4) is 0 Å². The smallest absolute Gasteiger partial charge is 0.0239 e. The molecule has 0 aliphatic rings. The fourth-order valence-electron chi connectivity index (χ4n) is 0.971. The zero-order chi connectivity index (χ0) is 7.98. The van der Waals surface area contributed by atoms with Gasteiger partial charge in [0.15, 0.2) is 0 Å². The molecule has 1 heteroatoms. The first-order valence-electron chi connectivity index (χ1n) is 3.97. The number of allylic oxidation sites excluding steroid dienone is 2. The van der Waals surface area contributed by atoms with Crippen molar-refractivity contribution in [3.05, 3.63) is 11.6 Å². The molecule has 0 saturated carbocycles. The maximum Gasteiger partial charge on any atom is 0.0239 e. The van der Waals surface area contributed by atoms with Gasteiger partial charge < -0.3 is 0 Å². The monoisotopic (exact) mass is 204 g/mol. The lowest BCUT2D eigenvalue weighted by Crippen LogP contribution is -1.92. The summed E-state index contributed by atoms with van der Waals surface area (Å²) in [6.07, 6.45) is 4.90. The Hall–Kier alpha value is 0.220. The molecule has 0 spiro atoms. The van der Waals surface area contributed by atoms with Gasteiger partial charge >= 0.3 is 0 Å². The summed E-state index contributed by atoms with van der Waals surface area (Å²) in [5, 5.41) is 1.02. The van der Waals surface area contributed by atoms with E-state index < -0.39 is 0 Å². The van der Waals surface area contributed by atoms with Crippen LogP contribution in [0, 0.1) is 5.92 Å². The first kappa shape index (κ1) is 10.2. The van der Waals surface area contributed by atoms with E-state index in [9.17, 15) is 0 Å². The standard InChI is InChI=1S/C9H17Br/c1-4-9(5-2)6-8(3)7-10/h6,9H,4-5,7H2,1-3H3/b8-6-. The van der Waals surface area contributed by atoms with E-state index in [0.717, 1.165) is 11.2 Å². The first-order valence-corrected chi connectivity index (χ1v) is 5.10. The normalized spacial score (nSPS) is 12.7. The third-order valence-corrected chi connectivity index (χ3v) is 2.66. The van der Waals surface area contributed by atoms with E-state index in [1.165, 1.54) is 18.4 Å². The highest BCUT2D eigenvalue weighted by Gasteiger charge is 1.97. The molecule has 0 N–H and O–H groups in total. The van der Waals surface area contributed by atoms with Gasteiger partial charge in [-0.1, -0.05) is 41.4 Å². The van der Waals surface area contributed by atoms with Crippen LogP contribution in [0.4, 0.5) is 0 Å². The minimum Gasteiger partial charge on any atom is -0.0880 e. The molecule has 10 heavy (non-hydrogen) atoms. The molecule has 0 aromatic heterocycles. The van der Waals surface area contributed by atoms with Crippen molar-refractivity contribution in [2.75, 3.05) is 5.33 Å². The van der Waals surface area contributed by atoms with E-state index >= 15 is 0 Å². The van der Waals surface area contributed by atoms with E-state index in [2.05, 4.69) is 42.8 Å². The number of hydrogen-bond donors (Lipinski definition) is 0. The third kappa shape index (κ3) is 4.10. The summed E-state index contributed by atoms with van der Waals surface area (Å²) >= 11 is 3.43. The molecule has 0 aliphatic heterocycles. The molecule has 0 fully saturated rings. The fourth-order valence-corrected chi connectivity index (χ4v) is 1.16. The second-order valence-electron chi connectivity index (χ2n) is 2.72. The van der Waals surface area contributed by atoms with Crippen LogP contribution in [0.2, 0.25) is 0 Å². The van der Waals surface area contributed by atoms with Crippen molar-refractivity contribution in [1.82, 2.24) is 0 Å². The van der Waals surface area contributed by atoms with Crippen molar-refractivity contribution in [1.29, 1.82) is 0 Å². The molecule has 0 rings (SSSR count). The van der Waals surface area contributed by atoms with Crippen molar-refractivity contribution in [2.45, 2.75) is 33.6 Å². The highest BCUT2D eigenvalue weighted by Crippen LogP contribution is 2.12. The molecule has 0 amide bonds. The van der Waals surface area contributed by atoms with Gasteiger partial charge in [0.25, 0.3) is 0 Å². The highest BCUT2D eigenvalue weighted by atomic mass is 79.9. The summed E-state index contributed by atoms with van der Waals surface area (Å²) in [5.41, 5.74) is 1.45. The molecule has 0 aromatic rings. The molecular weight excluding hydrogens is 188 g/mol. The van der Waals surface area contributed by atoms with Gasteiger partial charge in [0.1, 0.15) is 0 Å². The number of halogens is 1. The van der Waals surface area contributed by atoms with Crippen molar-refractivity contribution >= 4 is 15.9 Å². The lowest BCUT2D eigenvalue weighted by Gasteiger charge is -2.06. The highest BCUT2D eigenvalue weighted by molar-refractivity contribution is 9.09. The Kier molecular flexibility index (Phi) is 6.10. The lowest BCUT2D eigenvalue weighted by molar-refractivity contribution is 0.602. The van der Waals surface area contributed by atoms with Crippen molar-refractivity contribution in [2.24, 2.45) is 5.92 Å². The van der Waals surface area contributed by atoms with Gasteiger partial charge in [0, 0.05) is 5.33 Å². The van der Waals surface area contributed by atoms with Gasteiger partial charge in [-0.25, -0.2) is 0 Å². The molecule has 0 atom stereocenters. The second-order valence-corrected chi connectivity index (χ2v) is 3.28. The van der Waals surface area contributed by atoms with E-state index in [1.807, 2.05) is 0 Å². The van der Waals surface area contributed by atoms with Gasteiger partial charge in [0.05, 0.1) is 0 Å². The maximum absolute atomic E-state index is 3.43. The Balaban J connectivity index is 3.80. The largest absolute Gasteiger partial charge is 0.0880 e. The average molecular weight is 205 g/mol. The summed E-state index contributed by atoms with van der Waals surface area (Å²) in [4.78, 5) is 0. The Morgan fingerprint density at radius 2 is 1.90 bits per heavy atom. The zero-order valence-corrected chi connectivity index (χ0v) is 8.74. The van der Waals surface area contributed by atoms with Gasteiger partial charge in [-0.05, 0) is 25.7 Å². The SMILES string of the molecule is CCC(/C=C(/C)CBr)CC. The minimum absolute atomic E-state index is 0.789. The van der Waals surface area contributed by atoms with Crippen LogP contribution in [0.5, 0.6) is 0 Å². The Morgan fingerprint density at radius 1 is 1.40 bits per heavy atom. The van der Waals surface area contributed by atoms with Gasteiger partial charge in [-0.15, -0.1) is 0 Å². The fraction of sp³-hybridized carbons (Fsp3) is 0.778. The molecular formula is C9H17Br. The van der Waals surface area contributed by atoms with Crippen LogP contribution in [0.1, 0.15) is 33.6 Å². The van der Waals surface area contributed by atoms with Crippen molar-refractivity contribution < 1.29 is 0 Å². The van der Waals surface area contributed by atoms with Crippen LogP contribution in [-0.2, 0) is 0 Å². The molecule has 60 valence electrons. The Bertz CT molecular complexity index is 101. The molecule has 0 bridgehead atoms. The molecule has 0 heterocycles. The summed E-state index contributed by atoms with van der Waals surface area (Å²) in [6.45, 7) is 6.66. The van der Waals surface area contributed by atoms with Gasteiger partial charge in [-0.2, -0.15) is 0 Å². The zero-order valence-electron chi connectivity index (χ0n) is 7.15. The molecule has 0 aliphatic carbocycles. The first-order chi connectivity index (χ1) is 4.74. The molecule has 0 saturated heterocycles. The average Bonchev–Trinajstić information content (AvgIpc) is 1.99. The minimum atomic E-state index is 0.789. The summed E-state index contributed by atoms with van der Waals surface area (Å²) in [7, 11) is 0. The maximum atomic E-state index is 3.43. The number of hydrogen-bond acceptors (Lipinski definition) is 0. The van der Waals surface area contributed by atoms with Gasteiger partial charge in [0.2, 0.25) is 0 Å². The van der Waals surface area contributed by atoms with Crippen LogP contribution in [0.3, 0.4) is 0 Å². The van der Waals surface area contributed by atoms with Crippen LogP contribution >= 0.6 is 15.9 Å². The molecule has 0 unspecified atom stereocenters. The topological polar surface area (TPSA) is 0 Å². The van der Waals surface area contributed by atoms with E-state index in [0.29, 0.717) is 0 Å². The Morgan fingerprint density at radius 3 is 2.20 bits per heavy atom. The van der Waals surface area contributed by atoms with Crippen LogP contribution < -0.4 is 0 Å². The lowest BCUT2D eigenvalue weighted by atomic mass is 10.0. The third-order valence-electron chi connectivity index (χ3n) is 1.78. The predicted molar refractivity (Wildman–Crippen MR) is 51.6 cm³/mol. The summed E-state index contributed by atoms with van der Waals surface area (Å²) < 4.78 is 0. The van der Waals surface area contributed by atoms with E-state index in [-0.39, 0.29) is 0 Å². The number of alkyl halides is 1. The molecule has 0 aromatic carbocycles. The Labute approximate surface area is 72.8 Å². The van der Waals surface area contributed by atoms with Crippen LogP contribution in [0.15, 0.2) is 11.6 Å². The van der Waals surface area contributed by atoms with Gasteiger partial charge in [-0.3, -0.25) is 0 Å².